The molecular formula is C23H30N2O5S. The highest BCUT2D eigenvalue weighted by Gasteiger charge is 2.23. The monoisotopic (exact) mass is 446 g/mol. The molecular weight excluding hydrogens is 416 g/mol. The van der Waals surface area contributed by atoms with Crippen LogP contribution in [-0.2, 0) is 27.7 Å². The van der Waals surface area contributed by atoms with Crippen LogP contribution in [0.25, 0.3) is 0 Å². The Bertz CT molecular complexity index is 1050. The minimum atomic E-state index is -3.56. The van der Waals surface area contributed by atoms with Crippen LogP contribution in [0.1, 0.15) is 42.0 Å². The first kappa shape index (κ1) is 23.1. The van der Waals surface area contributed by atoms with Gasteiger partial charge in [0, 0.05) is 20.5 Å². The minimum absolute atomic E-state index is 0.0236. The molecule has 31 heavy (non-hydrogen) atoms. The third-order valence-corrected chi connectivity index (χ3v) is 7.46. The van der Waals surface area contributed by atoms with Gasteiger partial charge in [-0.25, -0.2) is 12.7 Å². The molecule has 1 N–H and O–H groups in total. The lowest BCUT2D eigenvalue weighted by atomic mass is 9.87. The number of nitrogens with one attached hydrogen (secondary N) is 1. The molecule has 1 atom stereocenters. The average Bonchev–Trinajstić information content (AvgIpc) is 2.77. The minimum Gasteiger partial charge on any atom is -0.497 e. The summed E-state index contributed by atoms with van der Waals surface area (Å²) in [6, 6.07) is 10.7. The summed E-state index contributed by atoms with van der Waals surface area (Å²) >= 11 is 0. The van der Waals surface area contributed by atoms with Crippen molar-refractivity contribution in [3.05, 3.63) is 53.1 Å². The molecule has 0 aliphatic heterocycles. The molecule has 0 saturated heterocycles. The van der Waals surface area contributed by atoms with Crippen LogP contribution in [0.4, 0.5) is 0 Å². The normalized spacial score (nSPS) is 16.0. The smallest absolute Gasteiger partial charge is 0.242 e. The number of benzene rings is 2. The van der Waals surface area contributed by atoms with Gasteiger partial charge in [0.25, 0.3) is 0 Å². The summed E-state index contributed by atoms with van der Waals surface area (Å²) in [7, 11) is 2.61. The van der Waals surface area contributed by atoms with Crippen molar-refractivity contribution < 1.29 is 22.7 Å². The van der Waals surface area contributed by atoms with Gasteiger partial charge in [0.05, 0.1) is 25.2 Å². The molecule has 1 aliphatic rings. The summed E-state index contributed by atoms with van der Waals surface area (Å²) in [5.74, 6) is 1.32. The van der Waals surface area contributed by atoms with E-state index in [9.17, 15) is 13.2 Å². The zero-order valence-electron chi connectivity index (χ0n) is 18.5. The maximum absolute atomic E-state index is 12.7. The van der Waals surface area contributed by atoms with Gasteiger partial charge in [0.1, 0.15) is 11.5 Å². The molecule has 2 aromatic carbocycles. The second-order valence-corrected chi connectivity index (χ2v) is 9.99. The molecule has 2 aromatic rings. The van der Waals surface area contributed by atoms with Crippen molar-refractivity contribution in [2.45, 2.75) is 43.0 Å². The first-order valence-corrected chi connectivity index (χ1v) is 11.8. The van der Waals surface area contributed by atoms with Gasteiger partial charge in [-0.05, 0) is 72.7 Å². The lowest BCUT2D eigenvalue weighted by molar-refractivity contribution is -0.121. The van der Waals surface area contributed by atoms with Crippen molar-refractivity contribution in [2.75, 3.05) is 28.3 Å². The number of aryl methyl sites for hydroxylation is 2. The zero-order chi connectivity index (χ0) is 22.6. The Morgan fingerprint density at radius 3 is 2.58 bits per heavy atom. The maximum Gasteiger partial charge on any atom is 0.242 e. The second-order valence-electron chi connectivity index (χ2n) is 7.84. The molecule has 0 saturated carbocycles. The number of rotatable bonds is 8. The van der Waals surface area contributed by atoms with Gasteiger partial charge in [0.15, 0.2) is 0 Å². The summed E-state index contributed by atoms with van der Waals surface area (Å²) in [4.78, 5) is 12.9. The molecule has 7 nitrogen and oxygen atoms in total. The largest absolute Gasteiger partial charge is 0.497 e. The Labute approximate surface area is 184 Å². The highest BCUT2D eigenvalue weighted by molar-refractivity contribution is 7.89. The van der Waals surface area contributed by atoms with Gasteiger partial charge in [0.2, 0.25) is 15.9 Å². The van der Waals surface area contributed by atoms with Crippen LogP contribution in [0.2, 0.25) is 0 Å². The number of nitrogens with zero attached hydrogens (tertiary/aromatic N) is 1. The van der Waals surface area contributed by atoms with Gasteiger partial charge in [-0.15, -0.1) is 0 Å². The van der Waals surface area contributed by atoms with E-state index >= 15 is 0 Å². The number of amides is 1. The standard InChI is InChI=1S/C23H30N2O5S/c1-25(2)31(27,28)19-10-12-22(30-4)17(15-19)8-13-23(26)24-21-7-5-6-16-14-18(29-3)9-11-20(16)21/h9-12,14-15,21H,5-8,13H2,1-4H3,(H,24,26)/t21-/m0/s1. The van der Waals surface area contributed by atoms with Gasteiger partial charge in [-0.1, -0.05) is 6.07 Å². The number of ether oxygens (including phenoxy) is 2. The van der Waals surface area contributed by atoms with E-state index in [1.54, 1.807) is 19.2 Å². The molecule has 0 radical (unpaired) electrons. The van der Waals surface area contributed by atoms with Gasteiger partial charge < -0.3 is 14.8 Å². The lowest BCUT2D eigenvalue weighted by Gasteiger charge is -2.27. The Balaban J connectivity index is 1.71. The number of hydrogen-bond acceptors (Lipinski definition) is 5. The fourth-order valence-electron chi connectivity index (χ4n) is 3.90. The number of carbonyl (C=O) groups is 1. The van der Waals surface area contributed by atoms with Crippen LogP contribution >= 0.6 is 0 Å². The van der Waals surface area contributed by atoms with Crippen molar-refractivity contribution in [2.24, 2.45) is 0 Å². The third-order valence-electron chi connectivity index (χ3n) is 5.65. The Kier molecular flexibility index (Phi) is 7.23. The summed E-state index contributed by atoms with van der Waals surface area (Å²) in [5.41, 5.74) is 3.03. The van der Waals surface area contributed by atoms with E-state index < -0.39 is 10.0 Å². The van der Waals surface area contributed by atoms with E-state index in [1.165, 1.54) is 37.1 Å². The van der Waals surface area contributed by atoms with E-state index in [1.807, 2.05) is 18.2 Å². The van der Waals surface area contributed by atoms with Crippen LogP contribution in [0, 0.1) is 0 Å². The summed E-state index contributed by atoms with van der Waals surface area (Å²) in [5, 5.41) is 3.14. The zero-order valence-corrected chi connectivity index (χ0v) is 19.3. The highest BCUT2D eigenvalue weighted by Crippen LogP contribution is 2.32. The van der Waals surface area contributed by atoms with Crippen LogP contribution in [-0.4, -0.2) is 46.9 Å². The van der Waals surface area contributed by atoms with Gasteiger partial charge in [-0.3, -0.25) is 4.79 Å². The molecule has 8 heteroatoms. The number of fused-ring (bicyclic) bond motifs is 1. The first-order valence-electron chi connectivity index (χ1n) is 10.3. The Hall–Kier alpha value is -2.58. The predicted octanol–water partition coefficient (Wildman–Crippen LogP) is 3.08. The number of carbonyl (C=O) groups excluding carboxylic acids is 1. The number of hydrogen-bond donors (Lipinski definition) is 1. The van der Waals surface area contributed by atoms with Crippen LogP contribution in [0.15, 0.2) is 41.3 Å². The van der Waals surface area contributed by atoms with Crippen molar-refractivity contribution in [3.63, 3.8) is 0 Å². The number of methoxy groups -OCH3 is 2. The van der Waals surface area contributed by atoms with E-state index in [0.29, 0.717) is 17.7 Å². The number of sulfonamides is 1. The Morgan fingerprint density at radius 2 is 1.90 bits per heavy atom. The molecule has 0 spiro atoms. The second kappa shape index (κ2) is 9.70. The highest BCUT2D eigenvalue weighted by atomic mass is 32.2. The fourth-order valence-corrected chi connectivity index (χ4v) is 4.86. The molecule has 0 unspecified atom stereocenters. The topological polar surface area (TPSA) is 84.9 Å². The van der Waals surface area contributed by atoms with E-state index in [0.717, 1.165) is 30.6 Å². The van der Waals surface area contributed by atoms with E-state index in [-0.39, 0.29) is 23.3 Å². The van der Waals surface area contributed by atoms with Crippen LogP contribution in [0.3, 0.4) is 0 Å². The lowest BCUT2D eigenvalue weighted by Crippen LogP contribution is -2.31. The van der Waals surface area contributed by atoms with E-state index in [4.69, 9.17) is 9.47 Å². The summed E-state index contributed by atoms with van der Waals surface area (Å²) in [6.07, 6.45) is 3.50. The van der Waals surface area contributed by atoms with Gasteiger partial charge >= 0.3 is 0 Å². The van der Waals surface area contributed by atoms with Crippen molar-refractivity contribution in [3.8, 4) is 11.5 Å². The van der Waals surface area contributed by atoms with Crippen molar-refractivity contribution in [1.29, 1.82) is 0 Å². The molecule has 168 valence electrons. The van der Waals surface area contributed by atoms with E-state index in [2.05, 4.69) is 5.32 Å². The molecule has 3 rings (SSSR count). The SMILES string of the molecule is COc1ccc2c(c1)CCC[C@@H]2NC(=O)CCc1cc(S(=O)(=O)N(C)C)ccc1OC. The quantitative estimate of drug-likeness (QED) is 0.674. The molecule has 0 bridgehead atoms. The maximum atomic E-state index is 12.7. The molecule has 0 aromatic heterocycles. The average molecular weight is 447 g/mol. The Morgan fingerprint density at radius 1 is 1.13 bits per heavy atom. The summed E-state index contributed by atoms with van der Waals surface area (Å²) < 4.78 is 36.7. The molecule has 0 fully saturated rings. The molecule has 0 heterocycles. The van der Waals surface area contributed by atoms with Crippen molar-refractivity contribution >= 4 is 15.9 Å². The third kappa shape index (κ3) is 5.19. The van der Waals surface area contributed by atoms with Gasteiger partial charge in [-0.2, -0.15) is 0 Å². The summed E-state index contributed by atoms with van der Waals surface area (Å²) in [6.45, 7) is 0. The molecule has 1 amide bonds. The predicted molar refractivity (Wildman–Crippen MR) is 119 cm³/mol. The first-order chi connectivity index (χ1) is 14.8. The van der Waals surface area contributed by atoms with Crippen molar-refractivity contribution in [1.82, 2.24) is 9.62 Å². The fraction of sp³-hybridized carbons (Fsp3) is 0.435. The molecule has 1 aliphatic carbocycles. The van der Waals surface area contributed by atoms with Crippen LogP contribution < -0.4 is 14.8 Å². The van der Waals surface area contributed by atoms with Crippen LogP contribution in [0.5, 0.6) is 11.5 Å².